The summed E-state index contributed by atoms with van der Waals surface area (Å²) in [7, 11) is 0. The van der Waals surface area contributed by atoms with Gasteiger partial charge in [0.2, 0.25) is 5.95 Å². The summed E-state index contributed by atoms with van der Waals surface area (Å²) in [6.07, 6.45) is 3.60. The molecule has 0 aliphatic carbocycles. The number of anilines is 1. The number of carboxylic acids is 1. The molecule has 1 unspecified atom stereocenters. The fourth-order valence-corrected chi connectivity index (χ4v) is 3.89. The summed E-state index contributed by atoms with van der Waals surface area (Å²) in [5.41, 5.74) is 7.27. The smallest absolute Gasteiger partial charge is 0.328 e. The van der Waals surface area contributed by atoms with Crippen LogP contribution in [0.2, 0.25) is 0 Å². The summed E-state index contributed by atoms with van der Waals surface area (Å²) in [5, 5.41) is 27.5. The standard InChI is InChI=1S/C28H38N6O7/c1-16(11-17(2)35)7-5-9-30-28-32-18(3)24(19(4)33-28)26(38)34-23(27(39)40)15-31-25(37)20-12-21(36)14-22(13-20)41-10-6-8-29/h7,12-14,23,36H,5-6,8-11,15,29H2,1-4H3,(H,31,37)(H,34,38)(H,39,40)(H,30,32,33)/b16-7+. The number of nitrogens with zero attached hydrogens (tertiary/aromatic N) is 2. The van der Waals surface area contributed by atoms with Crippen molar-refractivity contribution in [1.82, 2.24) is 20.6 Å². The maximum atomic E-state index is 13.0. The Morgan fingerprint density at radius 2 is 1.76 bits per heavy atom. The third-order valence-electron chi connectivity index (χ3n) is 5.79. The van der Waals surface area contributed by atoms with Crippen LogP contribution in [0.4, 0.5) is 5.95 Å². The molecule has 1 heterocycles. The van der Waals surface area contributed by atoms with Gasteiger partial charge in [-0.25, -0.2) is 14.8 Å². The second-order valence-electron chi connectivity index (χ2n) is 9.52. The van der Waals surface area contributed by atoms with Crippen LogP contribution in [-0.4, -0.2) is 76.0 Å². The molecule has 0 spiro atoms. The predicted octanol–water partition coefficient (Wildman–Crippen LogP) is 1.87. The van der Waals surface area contributed by atoms with Crippen LogP contribution in [-0.2, 0) is 9.59 Å². The van der Waals surface area contributed by atoms with E-state index >= 15 is 0 Å². The van der Waals surface area contributed by atoms with E-state index in [-0.39, 0.29) is 28.4 Å². The zero-order chi connectivity index (χ0) is 30.5. The highest BCUT2D eigenvalue weighted by Gasteiger charge is 2.25. The topological polar surface area (TPSA) is 206 Å². The number of aromatic hydroxyl groups is 1. The van der Waals surface area contributed by atoms with Crippen molar-refractivity contribution < 1.29 is 34.1 Å². The van der Waals surface area contributed by atoms with Crippen LogP contribution in [0.5, 0.6) is 11.5 Å². The number of allylic oxidation sites excluding steroid dienone is 1. The van der Waals surface area contributed by atoms with Gasteiger partial charge in [-0.3, -0.25) is 14.4 Å². The van der Waals surface area contributed by atoms with E-state index in [1.807, 2.05) is 13.0 Å². The number of carboxylic acid groups (broad SMARTS) is 1. The molecule has 2 rings (SSSR count). The number of ketones is 1. The van der Waals surface area contributed by atoms with Crippen LogP contribution in [0.15, 0.2) is 29.8 Å². The number of rotatable bonds is 16. The molecule has 1 atom stereocenters. The number of phenols is 1. The van der Waals surface area contributed by atoms with E-state index in [9.17, 15) is 29.4 Å². The van der Waals surface area contributed by atoms with Gasteiger partial charge in [0, 0.05) is 31.1 Å². The Morgan fingerprint density at radius 3 is 2.37 bits per heavy atom. The largest absolute Gasteiger partial charge is 0.508 e. The van der Waals surface area contributed by atoms with Gasteiger partial charge in [-0.2, -0.15) is 0 Å². The number of carbonyl (C=O) groups excluding carboxylic acids is 3. The molecule has 1 aromatic carbocycles. The van der Waals surface area contributed by atoms with Crippen LogP contribution in [0.1, 0.15) is 65.2 Å². The summed E-state index contributed by atoms with van der Waals surface area (Å²) in [4.78, 5) is 57.3. The lowest BCUT2D eigenvalue weighted by atomic mass is 10.1. The molecular formula is C28H38N6O7. The molecule has 13 nitrogen and oxygen atoms in total. The third-order valence-corrected chi connectivity index (χ3v) is 5.79. The number of aromatic nitrogens is 2. The van der Waals surface area contributed by atoms with Gasteiger partial charge in [-0.15, -0.1) is 0 Å². The van der Waals surface area contributed by atoms with Crippen molar-refractivity contribution >= 4 is 29.5 Å². The molecule has 7 N–H and O–H groups in total. The summed E-state index contributed by atoms with van der Waals surface area (Å²) < 4.78 is 5.46. The van der Waals surface area contributed by atoms with Crippen LogP contribution in [0.25, 0.3) is 0 Å². The zero-order valence-electron chi connectivity index (χ0n) is 23.7. The predicted molar refractivity (Wildman–Crippen MR) is 152 cm³/mol. The van der Waals surface area contributed by atoms with E-state index in [1.165, 1.54) is 25.1 Å². The SMILES string of the molecule is CC(=O)C/C(C)=C/CCNc1nc(C)c(C(=O)NC(CNC(=O)c2cc(O)cc(OCCCN)c2)C(=O)O)c(C)n1. The molecule has 0 aliphatic rings. The molecule has 2 aromatic rings. The summed E-state index contributed by atoms with van der Waals surface area (Å²) in [5.74, 6) is -2.26. The van der Waals surface area contributed by atoms with E-state index < -0.39 is 30.4 Å². The number of aryl methyl sites for hydroxylation is 2. The van der Waals surface area contributed by atoms with Crippen LogP contribution < -0.4 is 26.4 Å². The quantitative estimate of drug-likeness (QED) is 0.127. The van der Waals surface area contributed by atoms with E-state index in [0.29, 0.717) is 56.3 Å². The summed E-state index contributed by atoms with van der Waals surface area (Å²) in [6, 6.07) is 2.51. The number of hydrogen-bond donors (Lipinski definition) is 6. The molecular weight excluding hydrogens is 532 g/mol. The number of nitrogens with two attached hydrogens (primary N) is 1. The van der Waals surface area contributed by atoms with E-state index in [2.05, 4.69) is 25.9 Å². The number of phenolic OH excluding ortho intramolecular Hbond substituents is 1. The van der Waals surface area contributed by atoms with Gasteiger partial charge in [-0.05, 0) is 59.2 Å². The monoisotopic (exact) mass is 570 g/mol. The Labute approximate surface area is 238 Å². The zero-order valence-corrected chi connectivity index (χ0v) is 23.7. The third kappa shape index (κ3) is 10.9. The van der Waals surface area contributed by atoms with Gasteiger partial charge in [0.1, 0.15) is 23.3 Å². The van der Waals surface area contributed by atoms with Crippen molar-refractivity contribution in [1.29, 1.82) is 0 Å². The van der Waals surface area contributed by atoms with Gasteiger partial charge in [0.15, 0.2) is 0 Å². The van der Waals surface area contributed by atoms with Crippen molar-refractivity contribution in [3.63, 3.8) is 0 Å². The normalized spacial score (nSPS) is 11.9. The van der Waals surface area contributed by atoms with E-state index in [1.54, 1.807) is 13.8 Å². The van der Waals surface area contributed by atoms with Crippen molar-refractivity contribution in [3.05, 3.63) is 52.4 Å². The highest BCUT2D eigenvalue weighted by molar-refractivity contribution is 5.99. The molecule has 222 valence electrons. The first kappa shape index (κ1) is 32.7. The Bertz CT molecular complexity index is 1270. The average molecular weight is 571 g/mol. The van der Waals surface area contributed by atoms with Crippen molar-refractivity contribution in [2.75, 3.05) is 31.6 Å². The van der Waals surface area contributed by atoms with E-state index in [4.69, 9.17) is 10.5 Å². The first-order valence-electron chi connectivity index (χ1n) is 13.1. The Morgan fingerprint density at radius 1 is 1.07 bits per heavy atom. The fraction of sp³-hybridized carbons (Fsp3) is 0.429. The lowest BCUT2D eigenvalue weighted by Gasteiger charge is -2.17. The number of ether oxygens (including phenoxy) is 1. The van der Waals surface area contributed by atoms with Crippen molar-refractivity contribution in [2.45, 2.75) is 53.0 Å². The second-order valence-corrected chi connectivity index (χ2v) is 9.52. The van der Waals surface area contributed by atoms with Gasteiger partial charge < -0.3 is 36.6 Å². The average Bonchev–Trinajstić information content (AvgIpc) is 2.87. The lowest BCUT2D eigenvalue weighted by Crippen LogP contribution is -2.48. The fourth-order valence-electron chi connectivity index (χ4n) is 3.89. The molecule has 41 heavy (non-hydrogen) atoms. The maximum absolute atomic E-state index is 13.0. The number of hydrogen-bond acceptors (Lipinski definition) is 10. The number of aliphatic carboxylic acids is 1. The molecule has 13 heteroatoms. The molecule has 0 saturated carbocycles. The number of carbonyl (C=O) groups is 4. The maximum Gasteiger partial charge on any atom is 0.328 e. The number of benzene rings is 1. The Hall–Kier alpha value is -4.52. The Balaban J connectivity index is 2.02. The van der Waals surface area contributed by atoms with Crippen molar-refractivity contribution in [2.24, 2.45) is 5.73 Å². The van der Waals surface area contributed by atoms with Gasteiger partial charge in [0.05, 0.1) is 23.6 Å². The molecule has 0 aliphatic heterocycles. The minimum atomic E-state index is -1.45. The molecule has 0 fully saturated rings. The molecule has 0 saturated heterocycles. The van der Waals surface area contributed by atoms with Gasteiger partial charge in [-0.1, -0.05) is 11.6 Å². The molecule has 0 radical (unpaired) electrons. The number of Topliss-reactive ketones (excluding diaryl/α,β-unsaturated/α-hetero) is 1. The van der Waals surface area contributed by atoms with Crippen LogP contribution in [0, 0.1) is 13.8 Å². The van der Waals surface area contributed by atoms with Crippen LogP contribution >= 0.6 is 0 Å². The number of nitrogens with one attached hydrogen (secondary N) is 3. The van der Waals surface area contributed by atoms with E-state index in [0.717, 1.165) is 5.57 Å². The number of amides is 2. The van der Waals surface area contributed by atoms with Gasteiger partial charge in [0.25, 0.3) is 11.8 Å². The second kappa shape index (κ2) is 15.9. The first-order valence-corrected chi connectivity index (χ1v) is 13.1. The minimum absolute atomic E-state index is 0.0518. The molecule has 0 bridgehead atoms. The molecule has 2 amide bonds. The van der Waals surface area contributed by atoms with Crippen LogP contribution in [0.3, 0.4) is 0 Å². The molecule has 1 aromatic heterocycles. The van der Waals surface area contributed by atoms with Gasteiger partial charge >= 0.3 is 5.97 Å². The summed E-state index contributed by atoms with van der Waals surface area (Å²) >= 11 is 0. The Kier molecular flexibility index (Phi) is 12.7. The summed E-state index contributed by atoms with van der Waals surface area (Å²) in [6.45, 7) is 7.45. The lowest BCUT2D eigenvalue weighted by molar-refractivity contribution is -0.139. The highest BCUT2D eigenvalue weighted by atomic mass is 16.5. The highest BCUT2D eigenvalue weighted by Crippen LogP contribution is 2.22. The minimum Gasteiger partial charge on any atom is -0.508 e. The first-order chi connectivity index (χ1) is 19.4. The van der Waals surface area contributed by atoms with Crippen molar-refractivity contribution in [3.8, 4) is 11.5 Å².